The van der Waals surface area contributed by atoms with Crippen molar-refractivity contribution >= 4 is 113 Å². The maximum Gasteiger partial charge on any atom is 0.0640 e. The first-order valence-corrected chi connectivity index (χ1v) is 31.8. The van der Waals surface area contributed by atoms with Crippen molar-refractivity contribution in [2.45, 2.75) is 55.1 Å². The minimum Gasteiger partial charge on any atom is -0.308 e. The van der Waals surface area contributed by atoms with Crippen LogP contribution < -0.4 is 4.90 Å². The summed E-state index contributed by atoms with van der Waals surface area (Å²) < 4.78 is 6.73. The Bertz CT molecular complexity index is 5020. The molecule has 3 unspecified atom stereocenters. The summed E-state index contributed by atoms with van der Waals surface area (Å²) in [4.78, 5) is 5.44. The second-order valence-corrected chi connectivity index (χ2v) is 27.1. The number of thiophene rings is 3. The second-order valence-electron chi connectivity index (χ2n) is 22.8. The highest BCUT2D eigenvalue weighted by Gasteiger charge is 2.48. The van der Waals surface area contributed by atoms with Crippen molar-refractivity contribution in [3.05, 3.63) is 285 Å². The van der Waals surface area contributed by atoms with Crippen molar-refractivity contribution in [1.29, 1.82) is 0 Å². The van der Waals surface area contributed by atoms with Gasteiger partial charge in [0.15, 0.2) is 0 Å². The lowest BCUT2D eigenvalue weighted by Gasteiger charge is -2.28. The molecule has 1 aliphatic heterocycles. The SMILES string of the molecule is Cc1c(C)c2c(c(C)c1-c1ccc([C@@H](c3ccccc3)c3cccc4c3sc3ccccc34)c3c1CC1c4ccccc4SC31)C1c3c-2ccc(N(c2ccccc2)c2cccc4c2sc2ccccc24)c3-c2sc3ccccc3c21. The zero-order valence-corrected chi connectivity index (χ0v) is 48.1. The van der Waals surface area contributed by atoms with Crippen LogP contribution in [-0.4, -0.2) is 0 Å². The lowest BCUT2D eigenvalue weighted by Crippen LogP contribution is -2.11. The predicted octanol–water partition coefficient (Wildman–Crippen LogP) is 22.5. The van der Waals surface area contributed by atoms with Crippen molar-refractivity contribution in [3.63, 3.8) is 0 Å². The van der Waals surface area contributed by atoms with E-state index in [1.807, 2.05) is 34.0 Å². The molecule has 81 heavy (non-hydrogen) atoms. The van der Waals surface area contributed by atoms with Crippen LogP contribution in [0.1, 0.15) is 89.8 Å². The first kappa shape index (κ1) is 46.7. The van der Waals surface area contributed by atoms with Crippen LogP contribution in [0, 0.1) is 20.8 Å². The molecular weight excluding hydrogens is 1060 g/mol. The third-order valence-corrected chi connectivity index (χ3v) is 24.0. The molecule has 0 saturated carbocycles. The molecular formula is C76H51NS4. The van der Waals surface area contributed by atoms with Crippen LogP contribution in [0.3, 0.4) is 0 Å². The number of para-hydroxylation sites is 1. The summed E-state index contributed by atoms with van der Waals surface area (Å²) in [6, 6.07) is 83.1. The molecule has 0 amide bonds. The third kappa shape index (κ3) is 6.44. The first-order chi connectivity index (χ1) is 40.0. The molecule has 384 valence electrons. The van der Waals surface area contributed by atoms with Crippen molar-refractivity contribution in [2.75, 3.05) is 4.90 Å². The molecule has 5 heteroatoms. The van der Waals surface area contributed by atoms with Gasteiger partial charge in [-0.05, 0) is 170 Å². The van der Waals surface area contributed by atoms with Gasteiger partial charge in [0.25, 0.3) is 0 Å². The van der Waals surface area contributed by atoms with E-state index in [1.165, 1.54) is 161 Å². The van der Waals surface area contributed by atoms with E-state index in [2.05, 4.69) is 256 Å². The zero-order valence-electron chi connectivity index (χ0n) is 44.9. The molecule has 0 radical (unpaired) electrons. The minimum atomic E-state index is 0.0602. The Morgan fingerprint density at radius 2 is 1.04 bits per heavy atom. The molecule has 0 N–H and O–H groups in total. The smallest absolute Gasteiger partial charge is 0.0640 e. The fourth-order valence-electron chi connectivity index (χ4n) is 15.6. The van der Waals surface area contributed by atoms with Gasteiger partial charge in [-0.25, -0.2) is 0 Å². The van der Waals surface area contributed by atoms with Crippen molar-refractivity contribution < 1.29 is 0 Å². The lowest BCUT2D eigenvalue weighted by atomic mass is 9.77. The summed E-state index contributed by atoms with van der Waals surface area (Å²) in [5, 5.41) is 7.04. The Balaban J connectivity index is 0.875. The maximum atomic E-state index is 2.59. The van der Waals surface area contributed by atoms with E-state index in [1.54, 1.807) is 11.1 Å². The van der Waals surface area contributed by atoms with Crippen LogP contribution in [0.5, 0.6) is 0 Å². The van der Waals surface area contributed by atoms with Gasteiger partial charge in [0, 0.05) is 84.4 Å². The standard InChI is InChI=1S/C76H51NS4/c1-41-42(2)65-53-38-39-58(77(45-22-8-5-9-23-45)59-31-19-29-51-47-25-11-15-33-61(47)79-74(51)59)71-69(53)72(70-52-27-13-17-35-63(52)81-76(70)71)66(65)43(3)64(41)49-36-37-54(68-56(49)40-57-48-26-12-16-34-62(48)80-75(57)68)67(44-20-6-4-7-21-44)55-30-18-28-50-46-24-10-14-32-60(46)78-73(50)55/h4-39,57,67,72,75H,40H2,1-3H3/t57?,67-,72?,75?/m1/s1. The highest BCUT2D eigenvalue weighted by Crippen LogP contribution is 2.68. The molecule has 4 aliphatic rings. The van der Waals surface area contributed by atoms with E-state index in [4.69, 9.17) is 0 Å². The molecule has 14 aromatic rings. The molecule has 0 spiro atoms. The number of anilines is 3. The Morgan fingerprint density at radius 3 is 1.81 bits per heavy atom. The fraction of sp³-hybridized carbons (Fsp3) is 0.105. The number of thioether (sulfide) groups is 1. The largest absolute Gasteiger partial charge is 0.308 e. The number of rotatable bonds is 7. The van der Waals surface area contributed by atoms with E-state index in [-0.39, 0.29) is 11.8 Å². The van der Waals surface area contributed by atoms with Crippen molar-refractivity contribution in [2.24, 2.45) is 0 Å². The van der Waals surface area contributed by atoms with Gasteiger partial charge in [0.2, 0.25) is 0 Å². The lowest BCUT2D eigenvalue weighted by molar-refractivity contribution is 0.732. The number of hydrogen-bond donors (Lipinski definition) is 0. The van der Waals surface area contributed by atoms with Gasteiger partial charge in [0.1, 0.15) is 0 Å². The van der Waals surface area contributed by atoms with E-state index in [0.717, 1.165) is 6.42 Å². The summed E-state index contributed by atoms with van der Waals surface area (Å²) >= 11 is 7.97. The third-order valence-electron chi connectivity index (χ3n) is 19.0. The van der Waals surface area contributed by atoms with Crippen molar-refractivity contribution in [1.82, 2.24) is 0 Å². The molecule has 4 atom stereocenters. The summed E-state index contributed by atoms with van der Waals surface area (Å²) in [6.45, 7) is 7.37. The van der Waals surface area contributed by atoms with Gasteiger partial charge < -0.3 is 4.90 Å². The number of fused-ring (bicyclic) bond motifs is 19. The Morgan fingerprint density at radius 1 is 0.420 bits per heavy atom. The number of hydrogen-bond acceptors (Lipinski definition) is 5. The molecule has 4 heterocycles. The van der Waals surface area contributed by atoms with Crippen molar-refractivity contribution in [3.8, 4) is 32.7 Å². The molecule has 3 aromatic heterocycles. The van der Waals surface area contributed by atoms with Gasteiger partial charge in [-0.3, -0.25) is 0 Å². The van der Waals surface area contributed by atoms with Gasteiger partial charge in [-0.15, -0.1) is 45.8 Å². The van der Waals surface area contributed by atoms with E-state index in [0.29, 0.717) is 11.2 Å². The normalized spacial score (nSPS) is 16.6. The highest BCUT2D eigenvalue weighted by atomic mass is 32.2. The fourth-order valence-corrected chi connectivity index (χ4v) is 20.9. The minimum absolute atomic E-state index is 0.0602. The zero-order chi connectivity index (χ0) is 53.4. The molecule has 0 saturated heterocycles. The van der Waals surface area contributed by atoms with Gasteiger partial charge >= 0.3 is 0 Å². The average Bonchev–Trinajstić information content (AvgIpc) is 2.06. The predicted molar refractivity (Wildman–Crippen MR) is 349 cm³/mol. The van der Waals surface area contributed by atoms with Crippen LogP contribution in [0.25, 0.3) is 83.1 Å². The highest BCUT2D eigenvalue weighted by molar-refractivity contribution is 8.00. The quantitative estimate of drug-likeness (QED) is 0.146. The Hall–Kier alpha value is -8.03. The van der Waals surface area contributed by atoms with E-state index in [9.17, 15) is 0 Å². The first-order valence-electron chi connectivity index (χ1n) is 28.4. The van der Waals surface area contributed by atoms with Gasteiger partial charge in [-0.2, -0.15) is 0 Å². The van der Waals surface area contributed by atoms with Crippen LogP contribution in [0.4, 0.5) is 17.1 Å². The van der Waals surface area contributed by atoms with Crippen LogP contribution >= 0.6 is 45.8 Å². The topological polar surface area (TPSA) is 3.24 Å². The number of benzene rings is 11. The summed E-state index contributed by atoms with van der Waals surface area (Å²) in [7, 11) is 0. The van der Waals surface area contributed by atoms with E-state index < -0.39 is 0 Å². The Kier molecular flexibility index (Phi) is 10.1. The monoisotopic (exact) mass is 1110 g/mol. The van der Waals surface area contributed by atoms with Crippen LogP contribution in [0.15, 0.2) is 223 Å². The summed E-state index contributed by atoms with van der Waals surface area (Å²) in [5.74, 6) is 0.565. The number of nitrogens with zero attached hydrogens (tertiary/aromatic N) is 1. The molecule has 11 aromatic carbocycles. The van der Waals surface area contributed by atoms with E-state index >= 15 is 0 Å². The second kappa shape index (κ2) is 17.5. The maximum absolute atomic E-state index is 2.59. The van der Waals surface area contributed by atoms with Crippen LogP contribution in [-0.2, 0) is 6.42 Å². The molecule has 1 nitrogen and oxygen atoms in total. The molecule has 0 fully saturated rings. The Labute approximate surface area is 487 Å². The van der Waals surface area contributed by atoms with Crippen LogP contribution in [0.2, 0.25) is 0 Å². The molecule has 0 bridgehead atoms. The molecule has 3 aliphatic carbocycles. The summed E-state index contributed by atoms with van der Waals surface area (Å²) in [6.07, 6.45) is 1.02. The van der Waals surface area contributed by atoms with Gasteiger partial charge in [0.05, 0.1) is 16.1 Å². The molecule has 18 rings (SSSR count). The van der Waals surface area contributed by atoms with Gasteiger partial charge in [-0.1, -0.05) is 170 Å². The average molecular weight is 1110 g/mol. The summed E-state index contributed by atoms with van der Waals surface area (Å²) in [5.41, 5.74) is 28.2.